The zero-order valence-corrected chi connectivity index (χ0v) is 13.8. The first-order valence-corrected chi connectivity index (χ1v) is 7.28. The van der Waals surface area contributed by atoms with Crippen molar-refractivity contribution in [3.05, 3.63) is 36.0 Å². The average Bonchev–Trinajstić information content (AvgIpc) is 2.80. The first-order valence-electron chi connectivity index (χ1n) is 6.90. The number of esters is 1. The van der Waals surface area contributed by atoms with Gasteiger partial charge in [0.25, 0.3) is 0 Å². The number of amides is 1. The summed E-state index contributed by atoms with van der Waals surface area (Å²) in [5.74, 6) is -0.503. The lowest BCUT2D eigenvalue weighted by Crippen LogP contribution is -2.27. The van der Waals surface area contributed by atoms with Crippen molar-refractivity contribution in [3.8, 4) is 0 Å². The fraction of sp³-hybridized carbons (Fsp3) is 0.333. The molecule has 0 aliphatic rings. The Balaban J connectivity index is 2.33. The van der Waals surface area contributed by atoms with Crippen LogP contribution in [0.4, 0.5) is 10.5 Å². The van der Waals surface area contributed by atoms with Crippen LogP contribution >= 0.6 is 11.6 Å². The Kier molecular flexibility index (Phi) is 4.70. The maximum atomic E-state index is 11.9. The van der Waals surface area contributed by atoms with Crippen LogP contribution in [0.5, 0.6) is 0 Å². The van der Waals surface area contributed by atoms with Gasteiger partial charge in [-0.2, -0.15) is 5.10 Å². The van der Waals surface area contributed by atoms with Crippen molar-refractivity contribution in [1.29, 1.82) is 0 Å². The molecule has 1 amide bonds. The normalized spacial score (nSPS) is 11.3. The van der Waals surface area contributed by atoms with Gasteiger partial charge in [-0.05, 0) is 13.0 Å². The number of hydrogen-bond acceptors (Lipinski definition) is 5. The Morgan fingerprint density at radius 2 is 2.17 bits per heavy atom. The molecule has 8 heteroatoms. The number of carbonyl (C=O) groups is 2. The molecule has 1 N–H and O–H groups in total. The van der Waals surface area contributed by atoms with Gasteiger partial charge in [-0.15, -0.1) is 0 Å². The summed E-state index contributed by atoms with van der Waals surface area (Å²) in [4.78, 5) is 23.7. The number of fused-ring (bicyclic) bond motifs is 1. The summed E-state index contributed by atoms with van der Waals surface area (Å²) in [5, 5.41) is 6.81. The molecule has 2 heterocycles. The highest BCUT2D eigenvalue weighted by Gasteiger charge is 2.24. The Hall–Kier alpha value is -2.41. The van der Waals surface area contributed by atoms with Crippen LogP contribution in [-0.4, -0.2) is 33.9 Å². The van der Waals surface area contributed by atoms with Crippen molar-refractivity contribution in [3.63, 3.8) is 0 Å². The SMILES string of the molecule is [CH2+]C(C)(C)OC(=O)Nc1cc2c(C(=O)OCC)cnn2cc1Cl. The summed E-state index contributed by atoms with van der Waals surface area (Å²) in [5.41, 5.74) is 0.141. The molecule has 23 heavy (non-hydrogen) atoms. The predicted octanol–water partition coefficient (Wildman–Crippen LogP) is 3.33. The largest absolute Gasteiger partial charge is 0.462 e. The highest BCUT2D eigenvalue weighted by Crippen LogP contribution is 2.26. The van der Waals surface area contributed by atoms with Gasteiger partial charge in [-0.3, -0.25) is 5.32 Å². The third-order valence-electron chi connectivity index (χ3n) is 2.71. The number of carbonyl (C=O) groups excluding carboxylic acids is 2. The second kappa shape index (κ2) is 6.37. The van der Waals surface area contributed by atoms with E-state index in [9.17, 15) is 9.59 Å². The number of anilines is 1. The fourth-order valence-corrected chi connectivity index (χ4v) is 2.04. The third-order valence-corrected chi connectivity index (χ3v) is 3.01. The summed E-state index contributed by atoms with van der Waals surface area (Å²) < 4.78 is 11.5. The first kappa shape index (κ1) is 17.0. The van der Waals surface area contributed by atoms with Crippen LogP contribution in [-0.2, 0) is 9.47 Å². The van der Waals surface area contributed by atoms with Gasteiger partial charge < -0.3 is 9.47 Å². The van der Waals surface area contributed by atoms with E-state index < -0.39 is 17.7 Å². The number of pyridine rings is 1. The fourth-order valence-electron chi connectivity index (χ4n) is 1.85. The maximum absolute atomic E-state index is 11.9. The lowest BCUT2D eigenvalue weighted by atomic mass is 10.2. The lowest BCUT2D eigenvalue weighted by molar-refractivity contribution is 0.0528. The van der Waals surface area contributed by atoms with Gasteiger partial charge in [0.1, 0.15) is 12.5 Å². The molecule has 2 rings (SSSR count). The van der Waals surface area contributed by atoms with E-state index in [4.69, 9.17) is 21.1 Å². The van der Waals surface area contributed by atoms with Crippen molar-refractivity contribution < 1.29 is 19.1 Å². The van der Waals surface area contributed by atoms with E-state index in [1.54, 1.807) is 20.8 Å². The molecule has 0 aliphatic carbocycles. The minimum atomic E-state index is -0.882. The van der Waals surface area contributed by atoms with Crippen LogP contribution in [0.15, 0.2) is 18.5 Å². The molecule has 2 aromatic rings. The van der Waals surface area contributed by atoms with E-state index in [-0.39, 0.29) is 17.2 Å². The van der Waals surface area contributed by atoms with Crippen LogP contribution < -0.4 is 5.32 Å². The van der Waals surface area contributed by atoms with E-state index in [0.717, 1.165) is 0 Å². The summed E-state index contributed by atoms with van der Waals surface area (Å²) >= 11 is 6.11. The Bertz CT molecular complexity index is 749. The van der Waals surface area contributed by atoms with Crippen molar-refractivity contribution in [2.75, 3.05) is 11.9 Å². The topological polar surface area (TPSA) is 81.9 Å². The molecule has 7 nitrogen and oxygen atoms in total. The zero-order chi connectivity index (χ0) is 17.2. The molecule has 0 radical (unpaired) electrons. The van der Waals surface area contributed by atoms with Gasteiger partial charge in [0.2, 0.25) is 5.60 Å². The van der Waals surface area contributed by atoms with E-state index in [1.165, 1.54) is 23.0 Å². The molecule has 0 aliphatic heterocycles. The molecular weight excluding hydrogens is 322 g/mol. The molecule has 0 aromatic carbocycles. The summed E-state index contributed by atoms with van der Waals surface area (Å²) in [6, 6.07) is 1.53. The maximum Gasteiger partial charge on any atom is 0.415 e. The minimum absolute atomic E-state index is 0.245. The Labute approximate surface area is 138 Å². The zero-order valence-electron chi connectivity index (χ0n) is 13.1. The van der Waals surface area contributed by atoms with Gasteiger partial charge >= 0.3 is 12.1 Å². The molecule has 0 atom stereocenters. The molecule has 0 saturated carbocycles. The van der Waals surface area contributed by atoms with Gasteiger partial charge in [0.05, 0.1) is 29.0 Å². The molecular formula is C15H17ClN3O4+. The van der Waals surface area contributed by atoms with Crippen molar-refractivity contribution in [2.45, 2.75) is 26.4 Å². The van der Waals surface area contributed by atoms with E-state index in [1.807, 2.05) is 0 Å². The highest BCUT2D eigenvalue weighted by molar-refractivity contribution is 6.33. The van der Waals surface area contributed by atoms with Gasteiger partial charge in [0.15, 0.2) is 0 Å². The lowest BCUT2D eigenvalue weighted by Gasteiger charge is -2.14. The molecule has 0 fully saturated rings. The number of halogens is 1. The molecule has 122 valence electrons. The number of aromatic nitrogens is 2. The second-order valence-corrected chi connectivity index (χ2v) is 5.82. The van der Waals surface area contributed by atoms with E-state index in [0.29, 0.717) is 11.2 Å². The molecule has 2 aromatic heterocycles. The van der Waals surface area contributed by atoms with Crippen molar-refractivity contribution >= 4 is 34.9 Å². The standard InChI is InChI=1S/C15H16ClN3O4/c1-5-22-13(20)9-7-17-19-8-10(16)11(6-12(9)19)18-14(21)23-15(2,3)4/h6-8H,2,5H2,1,3-4H3/p+1. The monoisotopic (exact) mass is 338 g/mol. The number of ether oxygens (including phenoxy) is 2. The molecule has 0 spiro atoms. The summed E-state index contributed by atoms with van der Waals surface area (Å²) in [6.45, 7) is 8.94. The average molecular weight is 339 g/mol. The second-order valence-electron chi connectivity index (χ2n) is 5.42. The van der Waals surface area contributed by atoms with Gasteiger partial charge in [0, 0.05) is 20.0 Å². The highest BCUT2D eigenvalue weighted by atomic mass is 35.5. The van der Waals surface area contributed by atoms with Crippen LogP contribution in [0.25, 0.3) is 5.52 Å². The number of nitrogens with one attached hydrogen (secondary N) is 1. The number of rotatable bonds is 4. The first-order chi connectivity index (χ1) is 10.7. The molecule has 0 bridgehead atoms. The molecule has 0 saturated heterocycles. The third kappa shape index (κ3) is 4.07. The summed E-state index contributed by atoms with van der Waals surface area (Å²) in [6.07, 6.45) is 2.16. The Morgan fingerprint density at radius 3 is 2.78 bits per heavy atom. The van der Waals surface area contributed by atoms with Crippen molar-refractivity contribution in [1.82, 2.24) is 9.61 Å². The van der Waals surface area contributed by atoms with Gasteiger partial charge in [-0.1, -0.05) is 11.6 Å². The summed E-state index contributed by atoms with van der Waals surface area (Å²) in [7, 11) is 0. The smallest absolute Gasteiger partial charge is 0.415 e. The van der Waals surface area contributed by atoms with Gasteiger partial charge in [-0.25, -0.2) is 14.1 Å². The van der Waals surface area contributed by atoms with E-state index in [2.05, 4.69) is 17.3 Å². The number of hydrogen-bond donors (Lipinski definition) is 1. The van der Waals surface area contributed by atoms with Crippen LogP contribution in [0.2, 0.25) is 5.02 Å². The van der Waals surface area contributed by atoms with E-state index >= 15 is 0 Å². The molecule has 0 unspecified atom stereocenters. The number of nitrogens with zero attached hydrogens (tertiary/aromatic N) is 2. The van der Waals surface area contributed by atoms with Crippen LogP contribution in [0, 0.1) is 6.92 Å². The minimum Gasteiger partial charge on any atom is -0.462 e. The quantitative estimate of drug-likeness (QED) is 0.683. The van der Waals surface area contributed by atoms with Crippen LogP contribution in [0.3, 0.4) is 0 Å². The predicted molar refractivity (Wildman–Crippen MR) is 85.7 cm³/mol. The Morgan fingerprint density at radius 1 is 1.48 bits per heavy atom. The van der Waals surface area contributed by atoms with Crippen molar-refractivity contribution in [2.24, 2.45) is 0 Å². The van der Waals surface area contributed by atoms with Crippen LogP contribution in [0.1, 0.15) is 31.1 Å².